The minimum absolute atomic E-state index is 0.0272. The highest BCUT2D eigenvalue weighted by molar-refractivity contribution is 5.73. The quantitative estimate of drug-likeness (QED) is 0.625. The zero-order valence-electron chi connectivity index (χ0n) is 10.8. The summed E-state index contributed by atoms with van der Waals surface area (Å²) in [5.41, 5.74) is 0. The summed E-state index contributed by atoms with van der Waals surface area (Å²) < 4.78 is 4.92. The van der Waals surface area contributed by atoms with Crippen LogP contribution in [0.1, 0.15) is 34.6 Å². The van der Waals surface area contributed by atoms with Gasteiger partial charge in [0.15, 0.2) is 0 Å². The molecule has 0 spiro atoms. The van der Waals surface area contributed by atoms with Crippen LogP contribution >= 0.6 is 0 Å². The Labute approximate surface area is 93.4 Å². The van der Waals surface area contributed by atoms with Crippen LogP contribution < -0.4 is 0 Å². The van der Waals surface area contributed by atoms with E-state index in [9.17, 15) is 4.79 Å². The molecule has 0 aromatic carbocycles. The lowest BCUT2D eigenvalue weighted by atomic mass is 9.59. The summed E-state index contributed by atoms with van der Waals surface area (Å²) in [5.74, 6) is 2.80. The summed E-state index contributed by atoms with van der Waals surface area (Å²) in [6.07, 6.45) is 0. The van der Waals surface area contributed by atoms with Gasteiger partial charge in [-0.25, -0.2) is 0 Å². The predicted molar refractivity (Wildman–Crippen MR) is 61.3 cm³/mol. The molecular weight excluding hydrogens is 188 g/mol. The Morgan fingerprint density at radius 1 is 0.800 bits per heavy atom. The van der Waals surface area contributed by atoms with Crippen LogP contribution in [0.3, 0.4) is 0 Å². The minimum atomic E-state index is -0.0272. The van der Waals surface area contributed by atoms with E-state index in [2.05, 4.69) is 34.6 Å². The molecule has 0 radical (unpaired) electrons. The van der Waals surface area contributed by atoms with E-state index in [4.69, 9.17) is 4.74 Å². The maximum absolute atomic E-state index is 11.8. The second kappa shape index (κ2) is 4.54. The number of methoxy groups -OCH3 is 1. The summed E-state index contributed by atoms with van der Waals surface area (Å²) >= 11 is 0. The van der Waals surface area contributed by atoms with Gasteiger partial charge in [-0.05, 0) is 29.6 Å². The topological polar surface area (TPSA) is 26.3 Å². The van der Waals surface area contributed by atoms with Gasteiger partial charge < -0.3 is 4.74 Å². The first-order valence-electron chi connectivity index (χ1n) is 5.99. The van der Waals surface area contributed by atoms with Gasteiger partial charge in [0.1, 0.15) is 0 Å². The highest BCUT2D eigenvalue weighted by Gasteiger charge is 2.44. The van der Waals surface area contributed by atoms with Crippen molar-refractivity contribution in [1.82, 2.24) is 0 Å². The Morgan fingerprint density at radius 3 is 1.47 bits per heavy atom. The molecule has 4 atom stereocenters. The lowest BCUT2D eigenvalue weighted by molar-refractivity contribution is -0.155. The first-order chi connectivity index (χ1) is 6.91. The maximum atomic E-state index is 11.8. The Hall–Kier alpha value is -0.530. The van der Waals surface area contributed by atoms with Crippen LogP contribution in [-0.2, 0) is 9.53 Å². The average Bonchev–Trinajstić information content (AvgIpc) is 2.23. The van der Waals surface area contributed by atoms with Crippen molar-refractivity contribution in [2.24, 2.45) is 35.5 Å². The largest absolute Gasteiger partial charge is 0.469 e. The third-order valence-corrected chi connectivity index (χ3v) is 4.92. The molecule has 2 nitrogen and oxygen atoms in total. The zero-order valence-corrected chi connectivity index (χ0v) is 10.8. The highest BCUT2D eigenvalue weighted by Crippen LogP contribution is 2.45. The molecule has 15 heavy (non-hydrogen) atoms. The Balaban J connectivity index is 2.91. The molecule has 1 aliphatic carbocycles. The molecule has 0 saturated heterocycles. The van der Waals surface area contributed by atoms with Crippen LogP contribution in [0, 0.1) is 35.5 Å². The van der Waals surface area contributed by atoms with Crippen molar-refractivity contribution in [3.05, 3.63) is 0 Å². The third kappa shape index (κ3) is 2.04. The van der Waals surface area contributed by atoms with E-state index in [0.717, 1.165) is 0 Å². The van der Waals surface area contributed by atoms with E-state index in [1.54, 1.807) is 0 Å². The van der Waals surface area contributed by atoms with Crippen molar-refractivity contribution in [3.8, 4) is 0 Å². The average molecular weight is 212 g/mol. The first-order valence-corrected chi connectivity index (χ1v) is 5.99. The number of carbonyl (C=O) groups is 1. The van der Waals surface area contributed by atoms with Gasteiger partial charge in [-0.15, -0.1) is 0 Å². The second-order valence-corrected chi connectivity index (χ2v) is 5.34. The van der Waals surface area contributed by atoms with Gasteiger partial charge in [0.2, 0.25) is 0 Å². The first kappa shape index (κ1) is 12.5. The Bertz CT molecular complexity index is 221. The third-order valence-electron chi connectivity index (χ3n) is 4.92. The van der Waals surface area contributed by atoms with E-state index >= 15 is 0 Å². The molecule has 1 aliphatic rings. The number of hydrogen-bond acceptors (Lipinski definition) is 2. The number of ether oxygens (including phenoxy) is 1. The van der Waals surface area contributed by atoms with Gasteiger partial charge in [0.05, 0.1) is 13.0 Å². The number of rotatable bonds is 1. The molecule has 0 aromatic rings. The van der Waals surface area contributed by atoms with Crippen LogP contribution in [-0.4, -0.2) is 13.1 Å². The molecule has 2 heteroatoms. The molecule has 0 heterocycles. The number of hydrogen-bond donors (Lipinski definition) is 0. The fraction of sp³-hybridized carbons (Fsp3) is 0.923. The van der Waals surface area contributed by atoms with Crippen molar-refractivity contribution >= 4 is 5.97 Å². The van der Waals surface area contributed by atoms with Gasteiger partial charge in [-0.2, -0.15) is 0 Å². The smallest absolute Gasteiger partial charge is 0.309 e. The van der Waals surface area contributed by atoms with E-state index in [-0.39, 0.29) is 11.9 Å². The van der Waals surface area contributed by atoms with Crippen LogP contribution in [0.2, 0.25) is 0 Å². The van der Waals surface area contributed by atoms with E-state index in [0.29, 0.717) is 29.6 Å². The van der Waals surface area contributed by atoms with Crippen molar-refractivity contribution < 1.29 is 9.53 Å². The van der Waals surface area contributed by atoms with E-state index in [1.165, 1.54) is 7.11 Å². The van der Waals surface area contributed by atoms with Crippen LogP contribution in [0.15, 0.2) is 0 Å². The molecule has 0 bridgehead atoms. The SMILES string of the molecule is COC(=O)C1C(C)C(C)C(C)C(C)C1C. The lowest BCUT2D eigenvalue weighted by Crippen LogP contribution is -2.45. The fourth-order valence-electron chi connectivity index (χ4n) is 3.13. The molecule has 88 valence electrons. The highest BCUT2D eigenvalue weighted by atomic mass is 16.5. The maximum Gasteiger partial charge on any atom is 0.309 e. The van der Waals surface area contributed by atoms with Crippen LogP contribution in [0.4, 0.5) is 0 Å². The molecular formula is C13H24O2. The van der Waals surface area contributed by atoms with Crippen molar-refractivity contribution in [3.63, 3.8) is 0 Å². The Morgan fingerprint density at radius 2 is 1.13 bits per heavy atom. The summed E-state index contributed by atoms with van der Waals surface area (Å²) in [6, 6.07) is 0. The fourth-order valence-corrected chi connectivity index (χ4v) is 3.13. The van der Waals surface area contributed by atoms with Crippen LogP contribution in [0.25, 0.3) is 0 Å². The van der Waals surface area contributed by atoms with Crippen molar-refractivity contribution in [2.75, 3.05) is 7.11 Å². The van der Waals surface area contributed by atoms with Gasteiger partial charge in [0, 0.05) is 0 Å². The lowest BCUT2D eigenvalue weighted by Gasteiger charge is -2.45. The summed E-state index contributed by atoms with van der Waals surface area (Å²) in [4.78, 5) is 11.8. The monoisotopic (exact) mass is 212 g/mol. The Kier molecular flexibility index (Phi) is 3.80. The molecule has 1 fully saturated rings. The zero-order chi connectivity index (χ0) is 11.7. The van der Waals surface area contributed by atoms with Gasteiger partial charge in [-0.3, -0.25) is 4.79 Å². The molecule has 4 unspecified atom stereocenters. The summed E-state index contributed by atoms with van der Waals surface area (Å²) in [6.45, 7) is 11.2. The summed E-state index contributed by atoms with van der Waals surface area (Å²) in [7, 11) is 1.50. The van der Waals surface area contributed by atoms with Crippen molar-refractivity contribution in [2.45, 2.75) is 34.6 Å². The number of esters is 1. The number of carbonyl (C=O) groups excluding carboxylic acids is 1. The van der Waals surface area contributed by atoms with Crippen molar-refractivity contribution in [1.29, 1.82) is 0 Å². The standard InChI is InChI=1S/C13H24O2/c1-7-8(2)10(4)12(13(14)15-6)11(5)9(7)3/h7-12H,1-6H3. The second-order valence-electron chi connectivity index (χ2n) is 5.34. The predicted octanol–water partition coefficient (Wildman–Crippen LogP) is 2.97. The minimum Gasteiger partial charge on any atom is -0.469 e. The molecule has 0 N–H and O–H groups in total. The summed E-state index contributed by atoms with van der Waals surface area (Å²) in [5, 5.41) is 0. The van der Waals surface area contributed by atoms with Crippen LogP contribution in [0.5, 0.6) is 0 Å². The van der Waals surface area contributed by atoms with Gasteiger partial charge in [-0.1, -0.05) is 34.6 Å². The normalized spacial score (nSPS) is 46.3. The molecule has 0 aromatic heterocycles. The van der Waals surface area contributed by atoms with E-state index < -0.39 is 0 Å². The van der Waals surface area contributed by atoms with Gasteiger partial charge >= 0.3 is 5.97 Å². The van der Waals surface area contributed by atoms with Gasteiger partial charge in [0.25, 0.3) is 0 Å². The molecule has 0 aliphatic heterocycles. The molecule has 1 rings (SSSR count). The molecule has 1 saturated carbocycles. The molecule has 0 amide bonds. The van der Waals surface area contributed by atoms with E-state index in [1.807, 2.05) is 0 Å².